The molecule has 1 aromatic carbocycles. The number of nitrogens with zero attached hydrogens (tertiary/aromatic N) is 2. The van der Waals surface area contributed by atoms with Crippen molar-refractivity contribution in [3.63, 3.8) is 0 Å². The smallest absolute Gasteiger partial charge is 0.142 e. The van der Waals surface area contributed by atoms with Crippen LogP contribution in [0, 0.1) is 0 Å². The van der Waals surface area contributed by atoms with Crippen molar-refractivity contribution in [2.75, 3.05) is 6.61 Å². The molecule has 0 amide bonds. The van der Waals surface area contributed by atoms with E-state index in [1.807, 2.05) is 29.9 Å². The third-order valence-electron chi connectivity index (χ3n) is 3.36. The lowest BCUT2D eigenvalue weighted by Crippen LogP contribution is -2.14. The van der Waals surface area contributed by atoms with Crippen LogP contribution in [0.4, 0.5) is 0 Å². The van der Waals surface area contributed by atoms with E-state index in [2.05, 4.69) is 11.1 Å². The fraction of sp³-hybridized carbons (Fsp3) is 0.357. The van der Waals surface area contributed by atoms with Crippen LogP contribution in [-0.4, -0.2) is 21.3 Å². The summed E-state index contributed by atoms with van der Waals surface area (Å²) in [5.41, 5.74) is 1.98. The van der Waals surface area contributed by atoms with Gasteiger partial charge in [-0.15, -0.1) is 0 Å². The normalized spacial score (nSPS) is 15.9. The van der Waals surface area contributed by atoms with Gasteiger partial charge in [-0.25, -0.2) is 4.98 Å². The highest BCUT2D eigenvalue weighted by Crippen LogP contribution is 2.34. The first-order chi connectivity index (χ1) is 8.77. The quantitative estimate of drug-likeness (QED) is 0.876. The van der Waals surface area contributed by atoms with E-state index in [9.17, 15) is 5.11 Å². The largest absolute Gasteiger partial charge is 0.493 e. The Morgan fingerprint density at radius 2 is 2.33 bits per heavy atom. The van der Waals surface area contributed by atoms with E-state index in [-0.39, 0.29) is 0 Å². The highest BCUT2D eigenvalue weighted by Gasteiger charge is 2.22. The average Bonchev–Trinajstić information content (AvgIpc) is 2.83. The van der Waals surface area contributed by atoms with Crippen molar-refractivity contribution in [1.82, 2.24) is 9.55 Å². The summed E-state index contributed by atoms with van der Waals surface area (Å²) in [4.78, 5) is 4.20. The monoisotopic (exact) mass is 244 g/mol. The lowest BCUT2D eigenvalue weighted by Gasteiger charge is -2.22. The van der Waals surface area contributed by atoms with Gasteiger partial charge >= 0.3 is 0 Å². The van der Waals surface area contributed by atoms with Gasteiger partial charge in [0.05, 0.1) is 6.61 Å². The number of benzene rings is 1. The average molecular weight is 244 g/mol. The van der Waals surface area contributed by atoms with Crippen LogP contribution in [0.1, 0.15) is 29.5 Å². The Bertz CT molecular complexity index is 563. The van der Waals surface area contributed by atoms with E-state index in [0.29, 0.717) is 5.82 Å². The third kappa shape index (κ3) is 1.78. The summed E-state index contributed by atoms with van der Waals surface area (Å²) in [7, 11) is 1.88. The summed E-state index contributed by atoms with van der Waals surface area (Å²) in [6.45, 7) is 0.720. The van der Waals surface area contributed by atoms with Crippen LogP contribution in [0.5, 0.6) is 5.75 Å². The van der Waals surface area contributed by atoms with Crippen LogP contribution in [-0.2, 0) is 13.5 Å². The van der Waals surface area contributed by atoms with Crippen molar-refractivity contribution >= 4 is 0 Å². The predicted molar refractivity (Wildman–Crippen MR) is 67.5 cm³/mol. The number of para-hydroxylation sites is 1. The van der Waals surface area contributed by atoms with Crippen molar-refractivity contribution in [2.45, 2.75) is 18.9 Å². The highest BCUT2D eigenvalue weighted by molar-refractivity contribution is 5.45. The molecule has 2 aromatic rings. The SMILES string of the molecule is Cn1ccnc1C(O)c1cccc2c1OCCC2. The van der Waals surface area contributed by atoms with Gasteiger partial charge in [0.15, 0.2) is 0 Å². The number of aromatic nitrogens is 2. The maximum Gasteiger partial charge on any atom is 0.142 e. The van der Waals surface area contributed by atoms with Crippen LogP contribution in [0.3, 0.4) is 0 Å². The molecule has 1 aromatic heterocycles. The number of ether oxygens (including phenoxy) is 1. The minimum atomic E-state index is -0.738. The number of hydrogen-bond donors (Lipinski definition) is 1. The molecule has 0 saturated carbocycles. The number of aliphatic hydroxyl groups is 1. The molecule has 1 N–H and O–H groups in total. The Balaban J connectivity index is 2.04. The van der Waals surface area contributed by atoms with E-state index in [4.69, 9.17) is 4.74 Å². The van der Waals surface area contributed by atoms with Gasteiger partial charge in [-0.05, 0) is 18.4 Å². The summed E-state index contributed by atoms with van der Waals surface area (Å²) in [6, 6.07) is 5.93. The number of fused-ring (bicyclic) bond motifs is 1. The van der Waals surface area contributed by atoms with Gasteiger partial charge in [-0.2, -0.15) is 0 Å². The fourth-order valence-electron chi connectivity index (χ4n) is 2.41. The van der Waals surface area contributed by atoms with Crippen LogP contribution < -0.4 is 4.74 Å². The number of aryl methyl sites for hydroxylation is 2. The molecule has 0 bridgehead atoms. The maximum absolute atomic E-state index is 10.5. The third-order valence-corrected chi connectivity index (χ3v) is 3.36. The molecule has 4 heteroatoms. The first-order valence-electron chi connectivity index (χ1n) is 6.17. The zero-order chi connectivity index (χ0) is 12.5. The molecule has 0 radical (unpaired) electrons. The van der Waals surface area contributed by atoms with Crippen LogP contribution in [0.2, 0.25) is 0 Å². The number of hydrogen-bond acceptors (Lipinski definition) is 3. The molecule has 1 aliphatic heterocycles. The summed E-state index contributed by atoms with van der Waals surface area (Å²) in [5.74, 6) is 1.47. The van der Waals surface area contributed by atoms with Gasteiger partial charge in [0, 0.05) is 25.0 Å². The van der Waals surface area contributed by atoms with Gasteiger partial charge in [0.25, 0.3) is 0 Å². The van der Waals surface area contributed by atoms with Gasteiger partial charge in [0.2, 0.25) is 0 Å². The summed E-state index contributed by atoms with van der Waals surface area (Å²) < 4.78 is 7.54. The fourth-order valence-corrected chi connectivity index (χ4v) is 2.41. The number of imidazole rings is 1. The molecule has 1 aliphatic rings. The topological polar surface area (TPSA) is 47.3 Å². The minimum Gasteiger partial charge on any atom is -0.493 e. The standard InChI is InChI=1S/C14H16N2O2/c1-16-8-7-15-14(16)12(17)11-6-2-4-10-5-3-9-18-13(10)11/h2,4,6-8,12,17H,3,5,9H2,1H3. The number of rotatable bonds is 2. The van der Waals surface area contributed by atoms with Crippen LogP contribution in [0.15, 0.2) is 30.6 Å². The Kier molecular flexibility index (Phi) is 2.80. The minimum absolute atomic E-state index is 0.637. The molecule has 0 aliphatic carbocycles. The maximum atomic E-state index is 10.5. The number of aliphatic hydroxyl groups excluding tert-OH is 1. The first kappa shape index (κ1) is 11.3. The van der Waals surface area contributed by atoms with Crippen molar-refractivity contribution in [3.8, 4) is 5.75 Å². The predicted octanol–water partition coefficient (Wildman–Crippen LogP) is 1.83. The summed E-state index contributed by atoms with van der Waals surface area (Å²) in [6.07, 6.45) is 4.83. The van der Waals surface area contributed by atoms with Gasteiger partial charge in [-0.1, -0.05) is 18.2 Å². The molecular weight excluding hydrogens is 228 g/mol. The van der Waals surface area contributed by atoms with Gasteiger partial charge < -0.3 is 14.4 Å². The second kappa shape index (κ2) is 4.46. The van der Waals surface area contributed by atoms with Gasteiger partial charge in [-0.3, -0.25) is 0 Å². The second-order valence-corrected chi connectivity index (χ2v) is 4.59. The van der Waals surface area contributed by atoms with E-state index in [0.717, 1.165) is 30.8 Å². The van der Waals surface area contributed by atoms with E-state index in [1.165, 1.54) is 5.56 Å². The van der Waals surface area contributed by atoms with Crippen molar-refractivity contribution in [3.05, 3.63) is 47.5 Å². The molecule has 1 unspecified atom stereocenters. The molecule has 2 heterocycles. The molecule has 4 nitrogen and oxygen atoms in total. The Morgan fingerprint density at radius 1 is 1.44 bits per heavy atom. The molecule has 0 fully saturated rings. The van der Waals surface area contributed by atoms with Crippen LogP contribution >= 0.6 is 0 Å². The van der Waals surface area contributed by atoms with E-state index >= 15 is 0 Å². The Morgan fingerprint density at radius 3 is 3.11 bits per heavy atom. The first-order valence-corrected chi connectivity index (χ1v) is 6.17. The second-order valence-electron chi connectivity index (χ2n) is 4.59. The van der Waals surface area contributed by atoms with Gasteiger partial charge in [0.1, 0.15) is 17.7 Å². The molecule has 0 spiro atoms. The lowest BCUT2D eigenvalue weighted by atomic mass is 9.99. The molecular formula is C14H16N2O2. The molecule has 1 atom stereocenters. The highest BCUT2D eigenvalue weighted by atomic mass is 16.5. The van der Waals surface area contributed by atoms with Crippen molar-refractivity contribution in [2.24, 2.45) is 7.05 Å². The summed E-state index contributed by atoms with van der Waals surface area (Å²) >= 11 is 0. The van der Waals surface area contributed by atoms with Crippen LogP contribution in [0.25, 0.3) is 0 Å². The van der Waals surface area contributed by atoms with E-state index < -0.39 is 6.10 Å². The molecule has 94 valence electrons. The Labute approximate surface area is 106 Å². The Hall–Kier alpha value is -1.81. The van der Waals surface area contributed by atoms with Crippen molar-refractivity contribution in [1.29, 1.82) is 0 Å². The zero-order valence-electron chi connectivity index (χ0n) is 10.3. The lowest BCUT2D eigenvalue weighted by molar-refractivity contribution is 0.194. The van der Waals surface area contributed by atoms with E-state index in [1.54, 1.807) is 6.20 Å². The molecule has 0 saturated heterocycles. The zero-order valence-corrected chi connectivity index (χ0v) is 10.3. The molecule has 18 heavy (non-hydrogen) atoms. The summed E-state index contributed by atoms with van der Waals surface area (Å²) in [5, 5.41) is 10.5. The van der Waals surface area contributed by atoms with Crippen molar-refractivity contribution < 1.29 is 9.84 Å². The molecule has 3 rings (SSSR count).